The van der Waals surface area contributed by atoms with Crippen molar-refractivity contribution in [1.29, 1.82) is 0 Å². The topological polar surface area (TPSA) is 101 Å². The molecule has 1 unspecified atom stereocenters. The second kappa shape index (κ2) is 6.49. The molecule has 9 heteroatoms. The fraction of sp³-hybridized carbons (Fsp3) is 0.727. The number of aromatic nitrogens is 2. The molecule has 1 fully saturated rings. The molecule has 1 saturated heterocycles. The highest BCUT2D eigenvalue weighted by molar-refractivity contribution is 7.92. The summed E-state index contributed by atoms with van der Waals surface area (Å²) in [4.78, 5) is 11.9. The van der Waals surface area contributed by atoms with Crippen LogP contribution in [0.25, 0.3) is 0 Å². The molecule has 2 heterocycles. The van der Waals surface area contributed by atoms with Crippen molar-refractivity contribution < 1.29 is 13.2 Å². The van der Waals surface area contributed by atoms with Gasteiger partial charge in [-0.25, -0.2) is 8.42 Å². The minimum atomic E-state index is -3.03. The SMILES string of the molecule is CCCNc1nnc(C(=O)NCC2CCCS2(=O)=O)s1. The zero-order valence-corrected chi connectivity index (χ0v) is 12.9. The predicted octanol–water partition coefficient (Wildman–Crippen LogP) is 0.667. The summed E-state index contributed by atoms with van der Waals surface area (Å²) in [5.41, 5.74) is 0. The lowest BCUT2D eigenvalue weighted by atomic mass is 10.2. The number of rotatable bonds is 6. The van der Waals surface area contributed by atoms with Crippen LogP contribution < -0.4 is 10.6 Å². The van der Waals surface area contributed by atoms with E-state index in [-0.39, 0.29) is 23.2 Å². The zero-order valence-electron chi connectivity index (χ0n) is 11.3. The monoisotopic (exact) mass is 318 g/mol. The molecular formula is C11H18N4O3S2. The normalized spacial score (nSPS) is 20.8. The van der Waals surface area contributed by atoms with Crippen molar-refractivity contribution in [2.24, 2.45) is 0 Å². The molecule has 0 aromatic carbocycles. The fourth-order valence-corrected chi connectivity index (χ4v) is 4.44. The highest BCUT2D eigenvalue weighted by Gasteiger charge is 2.31. The molecule has 0 radical (unpaired) electrons. The van der Waals surface area contributed by atoms with Gasteiger partial charge in [-0.1, -0.05) is 18.3 Å². The molecule has 0 spiro atoms. The van der Waals surface area contributed by atoms with Gasteiger partial charge in [0.15, 0.2) is 9.84 Å². The van der Waals surface area contributed by atoms with Gasteiger partial charge in [0.2, 0.25) is 10.1 Å². The lowest BCUT2D eigenvalue weighted by molar-refractivity contribution is 0.0952. The highest BCUT2D eigenvalue weighted by Crippen LogP contribution is 2.19. The third kappa shape index (κ3) is 3.66. The molecule has 1 aromatic rings. The van der Waals surface area contributed by atoms with Crippen LogP contribution in [0.5, 0.6) is 0 Å². The van der Waals surface area contributed by atoms with Gasteiger partial charge in [0, 0.05) is 13.1 Å². The van der Waals surface area contributed by atoms with Gasteiger partial charge in [0.05, 0.1) is 11.0 Å². The summed E-state index contributed by atoms with van der Waals surface area (Å²) >= 11 is 1.17. The number of carbonyl (C=O) groups is 1. The Morgan fingerprint density at radius 3 is 2.90 bits per heavy atom. The third-order valence-electron chi connectivity index (χ3n) is 3.10. The second-order valence-electron chi connectivity index (χ2n) is 4.68. The van der Waals surface area contributed by atoms with E-state index in [0.717, 1.165) is 13.0 Å². The van der Waals surface area contributed by atoms with Gasteiger partial charge in [-0.15, -0.1) is 10.2 Å². The first-order valence-electron chi connectivity index (χ1n) is 6.60. The Balaban J connectivity index is 1.87. The van der Waals surface area contributed by atoms with E-state index in [1.54, 1.807) is 0 Å². The first kappa shape index (κ1) is 15.2. The standard InChI is InChI=1S/C11H18N4O3S2/c1-2-5-12-11-15-14-10(19-11)9(16)13-7-8-4-3-6-20(8,17)18/h8H,2-7H2,1H3,(H,12,15)(H,13,16). The molecule has 20 heavy (non-hydrogen) atoms. The average Bonchev–Trinajstić information content (AvgIpc) is 3.00. The average molecular weight is 318 g/mol. The van der Waals surface area contributed by atoms with Gasteiger partial charge in [-0.3, -0.25) is 4.79 Å². The summed E-state index contributed by atoms with van der Waals surface area (Å²) in [6.45, 7) is 2.96. The maximum atomic E-state index is 11.9. The largest absolute Gasteiger partial charge is 0.360 e. The maximum Gasteiger partial charge on any atom is 0.282 e. The summed E-state index contributed by atoms with van der Waals surface area (Å²) in [6, 6.07) is 0. The van der Waals surface area contributed by atoms with Crippen LogP contribution in [0, 0.1) is 0 Å². The molecule has 7 nitrogen and oxygen atoms in total. The quantitative estimate of drug-likeness (QED) is 0.799. The van der Waals surface area contributed by atoms with E-state index < -0.39 is 15.1 Å². The Hall–Kier alpha value is -1.22. The van der Waals surface area contributed by atoms with Crippen molar-refractivity contribution in [3.8, 4) is 0 Å². The zero-order chi connectivity index (χ0) is 14.6. The first-order valence-corrected chi connectivity index (χ1v) is 9.13. The summed E-state index contributed by atoms with van der Waals surface area (Å²) in [6.07, 6.45) is 2.25. The van der Waals surface area contributed by atoms with Crippen molar-refractivity contribution in [2.75, 3.05) is 24.2 Å². The Bertz CT molecular complexity index is 570. The van der Waals surface area contributed by atoms with E-state index in [1.165, 1.54) is 11.3 Å². The molecule has 112 valence electrons. The van der Waals surface area contributed by atoms with Crippen molar-refractivity contribution >= 4 is 32.2 Å². The molecule has 0 bridgehead atoms. The summed E-state index contributed by atoms with van der Waals surface area (Å²) < 4.78 is 23.3. The van der Waals surface area contributed by atoms with Crippen LogP contribution in [0.4, 0.5) is 5.13 Å². The van der Waals surface area contributed by atoms with Crippen molar-refractivity contribution in [1.82, 2.24) is 15.5 Å². The molecular weight excluding hydrogens is 300 g/mol. The van der Waals surface area contributed by atoms with Gasteiger partial charge < -0.3 is 10.6 Å². The minimum Gasteiger partial charge on any atom is -0.360 e. The van der Waals surface area contributed by atoms with E-state index in [4.69, 9.17) is 0 Å². The van der Waals surface area contributed by atoms with Crippen molar-refractivity contribution in [3.05, 3.63) is 5.01 Å². The fourth-order valence-electron chi connectivity index (χ4n) is 1.99. The number of hydrogen-bond acceptors (Lipinski definition) is 7. The molecule has 0 saturated carbocycles. The molecule has 1 aromatic heterocycles. The number of hydrogen-bond donors (Lipinski definition) is 2. The van der Waals surface area contributed by atoms with Crippen LogP contribution >= 0.6 is 11.3 Å². The number of carbonyl (C=O) groups excluding carboxylic acids is 1. The van der Waals surface area contributed by atoms with Gasteiger partial charge in [-0.2, -0.15) is 0 Å². The summed E-state index contributed by atoms with van der Waals surface area (Å²) in [7, 11) is -3.03. The lowest BCUT2D eigenvalue weighted by Gasteiger charge is -2.09. The predicted molar refractivity (Wildman–Crippen MR) is 77.8 cm³/mol. The number of nitrogens with zero attached hydrogens (tertiary/aromatic N) is 2. The van der Waals surface area contributed by atoms with Crippen LogP contribution in [0.2, 0.25) is 0 Å². The van der Waals surface area contributed by atoms with Crippen LogP contribution in [-0.2, 0) is 9.84 Å². The second-order valence-corrected chi connectivity index (χ2v) is 8.06. The van der Waals surface area contributed by atoms with E-state index in [1.807, 2.05) is 6.92 Å². The smallest absolute Gasteiger partial charge is 0.282 e. The van der Waals surface area contributed by atoms with E-state index >= 15 is 0 Å². The molecule has 2 N–H and O–H groups in total. The maximum absolute atomic E-state index is 11.9. The van der Waals surface area contributed by atoms with Gasteiger partial charge in [-0.05, 0) is 19.3 Å². The van der Waals surface area contributed by atoms with Gasteiger partial charge >= 0.3 is 0 Å². The Morgan fingerprint density at radius 2 is 2.25 bits per heavy atom. The third-order valence-corrected chi connectivity index (χ3v) is 6.25. The molecule has 2 rings (SSSR count). The lowest BCUT2D eigenvalue weighted by Crippen LogP contribution is -2.34. The van der Waals surface area contributed by atoms with Crippen molar-refractivity contribution in [3.63, 3.8) is 0 Å². The van der Waals surface area contributed by atoms with Crippen LogP contribution in [0.15, 0.2) is 0 Å². The molecule has 1 aliphatic heterocycles. The van der Waals surface area contributed by atoms with Crippen molar-refractivity contribution in [2.45, 2.75) is 31.4 Å². The van der Waals surface area contributed by atoms with Gasteiger partial charge in [0.1, 0.15) is 0 Å². The van der Waals surface area contributed by atoms with E-state index in [2.05, 4.69) is 20.8 Å². The summed E-state index contributed by atoms with van der Waals surface area (Å²) in [5, 5.41) is 13.7. The van der Waals surface area contributed by atoms with Gasteiger partial charge in [0.25, 0.3) is 5.91 Å². The molecule has 1 atom stereocenters. The van der Waals surface area contributed by atoms with E-state index in [9.17, 15) is 13.2 Å². The highest BCUT2D eigenvalue weighted by atomic mass is 32.2. The number of sulfone groups is 1. The Morgan fingerprint density at radius 1 is 1.45 bits per heavy atom. The first-order chi connectivity index (χ1) is 9.53. The molecule has 1 aliphatic rings. The van der Waals surface area contributed by atoms with E-state index in [0.29, 0.717) is 18.0 Å². The summed E-state index contributed by atoms with van der Waals surface area (Å²) in [5.74, 6) is -0.147. The van der Waals surface area contributed by atoms with Crippen LogP contribution in [-0.4, -0.2) is 48.6 Å². The Kier molecular flexibility index (Phi) is 4.92. The number of anilines is 1. The molecule has 1 amide bonds. The van der Waals surface area contributed by atoms with Crippen LogP contribution in [0.3, 0.4) is 0 Å². The minimum absolute atomic E-state index is 0.151. The molecule has 0 aliphatic carbocycles. The number of nitrogens with one attached hydrogen (secondary N) is 2. The number of amides is 1. The van der Waals surface area contributed by atoms with Crippen LogP contribution in [0.1, 0.15) is 36.0 Å². The Labute approximate surface area is 122 Å².